The van der Waals surface area contributed by atoms with Crippen molar-refractivity contribution in [1.29, 1.82) is 0 Å². The monoisotopic (exact) mass is 254 g/mol. The van der Waals surface area contributed by atoms with Crippen molar-refractivity contribution in [3.8, 4) is 0 Å². The normalized spacial score (nSPS) is 10.3. The van der Waals surface area contributed by atoms with Crippen molar-refractivity contribution in [3.63, 3.8) is 0 Å². The topological polar surface area (TPSA) is 91.7 Å². The highest BCUT2D eigenvalue weighted by Gasteiger charge is 2.28. The van der Waals surface area contributed by atoms with Crippen molar-refractivity contribution in [3.05, 3.63) is 35.4 Å². The number of carboxylic acid groups (broad SMARTS) is 2. The first-order valence-electron chi connectivity index (χ1n) is 5.09. The number of hydrogen-bond acceptors (Lipinski definition) is 3. The molecule has 0 saturated heterocycles. The summed E-state index contributed by atoms with van der Waals surface area (Å²) in [6, 6.07) is 5.48. The minimum absolute atomic E-state index is 0.166. The smallest absolute Gasteiger partial charge is 0.318 e. The van der Waals surface area contributed by atoms with Crippen LogP contribution in [0, 0.1) is 5.92 Å². The average Bonchev–Trinajstić information content (AvgIpc) is 2.35. The summed E-state index contributed by atoms with van der Waals surface area (Å²) in [6.45, 7) is -0.665. The minimum atomic E-state index is -1.77. The number of carbonyl (C=O) groups excluding carboxylic acids is 1. The number of benzene rings is 1. The standard InChI is InChI=1S/C12H11FO5/c13-6-7-1-3-8(4-2-7)10(14)5-9(11(15)16)12(17)18/h1-4,9H,5-6H2,(H,15,16)(H,17,18). The number of halogens is 1. The van der Waals surface area contributed by atoms with Gasteiger partial charge in [-0.2, -0.15) is 0 Å². The van der Waals surface area contributed by atoms with Gasteiger partial charge in [0, 0.05) is 12.0 Å². The van der Waals surface area contributed by atoms with Gasteiger partial charge >= 0.3 is 11.9 Å². The molecule has 0 saturated carbocycles. The minimum Gasteiger partial charge on any atom is -0.481 e. The maximum Gasteiger partial charge on any atom is 0.318 e. The van der Waals surface area contributed by atoms with Gasteiger partial charge in [-0.25, -0.2) is 4.39 Å². The molecule has 1 aromatic rings. The highest BCUT2D eigenvalue weighted by molar-refractivity contribution is 6.03. The number of ketones is 1. The summed E-state index contributed by atoms with van der Waals surface area (Å²) < 4.78 is 12.2. The van der Waals surface area contributed by atoms with Crippen LogP contribution < -0.4 is 0 Å². The first-order valence-corrected chi connectivity index (χ1v) is 5.09. The Morgan fingerprint density at radius 3 is 1.94 bits per heavy atom. The molecule has 1 aromatic carbocycles. The largest absolute Gasteiger partial charge is 0.481 e. The third kappa shape index (κ3) is 3.38. The maximum atomic E-state index is 12.2. The molecule has 0 amide bonds. The van der Waals surface area contributed by atoms with E-state index in [4.69, 9.17) is 10.2 Å². The van der Waals surface area contributed by atoms with Crippen LogP contribution in [0.1, 0.15) is 22.3 Å². The number of hydrogen-bond donors (Lipinski definition) is 2. The van der Waals surface area contributed by atoms with Crippen molar-refractivity contribution in [1.82, 2.24) is 0 Å². The van der Waals surface area contributed by atoms with Crippen LogP contribution in [0.5, 0.6) is 0 Å². The summed E-state index contributed by atoms with van der Waals surface area (Å²) >= 11 is 0. The Morgan fingerprint density at radius 2 is 1.56 bits per heavy atom. The van der Waals surface area contributed by atoms with E-state index >= 15 is 0 Å². The van der Waals surface area contributed by atoms with Crippen molar-refractivity contribution in [2.24, 2.45) is 5.92 Å². The van der Waals surface area contributed by atoms with E-state index in [1.165, 1.54) is 24.3 Å². The third-order valence-corrected chi connectivity index (χ3v) is 2.42. The fraction of sp³-hybridized carbons (Fsp3) is 0.250. The van der Waals surface area contributed by atoms with Crippen LogP contribution in [0.25, 0.3) is 0 Å². The number of carboxylic acids is 2. The van der Waals surface area contributed by atoms with Crippen molar-refractivity contribution in [2.75, 3.05) is 0 Å². The van der Waals surface area contributed by atoms with Gasteiger partial charge in [-0.15, -0.1) is 0 Å². The number of rotatable bonds is 6. The molecule has 1 rings (SSSR count). The van der Waals surface area contributed by atoms with Gasteiger partial charge in [-0.05, 0) is 5.56 Å². The van der Waals surface area contributed by atoms with E-state index in [2.05, 4.69) is 0 Å². The Kier molecular flexibility index (Phi) is 4.53. The SMILES string of the molecule is O=C(CC(C(=O)O)C(=O)O)c1ccc(CF)cc1. The molecule has 6 heteroatoms. The molecule has 5 nitrogen and oxygen atoms in total. The van der Waals surface area contributed by atoms with Gasteiger partial charge in [0.1, 0.15) is 6.67 Å². The molecule has 0 atom stereocenters. The van der Waals surface area contributed by atoms with E-state index in [0.29, 0.717) is 5.56 Å². The second-order valence-electron chi connectivity index (χ2n) is 3.69. The molecule has 0 spiro atoms. The lowest BCUT2D eigenvalue weighted by atomic mass is 9.98. The van der Waals surface area contributed by atoms with E-state index in [1.807, 2.05) is 0 Å². The van der Waals surface area contributed by atoms with Crippen LogP contribution in [0.15, 0.2) is 24.3 Å². The van der Waals surface area contributed by atoms with Crippen LogP contribution in [0.2, 0.25) is 0 Å². The lowest BCUT2D eigenvalue weighted by Gasteiger charge is -2.06. The first-order chi connectivity index (χ1) is 8.45. The second kappa shape index (κ2) is 5.90. The van der Waals surface area contributed by atoms with Crippen LogP contribution in [-0.2, 0) is 16.3 Å². The fourth-order valence-corrected chi connectivity index (χ4v) is 1.36. The highest BCUT2D eigenvalue weighted by Crippen LogP contribution is 2.13. The van der Waals surface area contributed by atoms with Gasteiger partial charge < -0.3 is 10.2 Å². The summed E-state index contributed by atoms with van der Waals surface area (Å²) in [5.41, 5.74) is 0.555. The summed E-state index contributed by atoms with van der Waals surface area (Å²) in [4.78, 5) is 32.9. The van der Waals surface area contributed by atoms with E-state index in [-0.39, 0.29) is 5.56 Å². The first kappa shape index (κ1) is 13.8. The van der Waals surface area contributed by atoms with Crippen LogP contribution in [0.3, 0.4) is 0 Å². The van der Waals surface area contributed by atoms with Crippen molar-refractivity contribution < 1.29 is 29.0 Å². The Balaban J connectivity index is 2.80. The van der Waals surface area contributed by atoms with Gasteiger partial charge in [0.05, 0.1) is 0 Å². The zero-order chi connectivity index (χ0) is 13.7. The van der Waals surface area contributed by atoms with Gasteiger partial charge in [0.2, 0.25) is 0 Å². The molecule has 96 valence electrons. The van der Waals surface area contributed by atoms with E-state index in [0.717, 1.165) is 0 Å². The zero-order valence-corrected chi connectivity index (χ0v) is 9.30. The predicted molar refractivity (Wildman–Crippen MR) is 59.0 cm³/mol. The van der Waals surface area contributed by atoms with Crippen LogP contribution in [-0.4, -0.2) is 27.9 Å². The Labute approximate surface area is 102 Å². The van der Waals surface area contributed by atoms with Gasteiger partial charge in [-0.1, -0.05) is 24.3 Å². The molecule has 0 heterocycles. The molecule has 18 heavy (non-hydrogen) atoms. The maximum absolute atomic E-state index is 12.2. The zero-order valence-electron chi connectivity index (χ0n) is 9.30. The molecular weight excluding hydrogens is 243 g/mol. The van der Waals surface area contributed by atoms with E-state index in [1.54, 1.807) is 0 Å². The molecule has 0 unspecified atom stereocenters. The second-order valence-corrected chi connectivity index (χ2v) is 3.69. The lowest BCUT2D eigenvalue weighted by molar-refractivity contribution is -0.154. The summed E-state index contributed by atoms with van der Waals surface area (Å²) in [6.07, 6.45) is -0.625. The lowest BCUT2D eigenvalue weighted by Crippen LogP contribution is -2.26. The summed E-state index contributed by atoms with van der Waals surface area (Å²) in [5, 5.41) is 17.3. The molecule has 0 aliphatic heterocycles. The number of carbonyl (C=O) groups is 3. The summed E-state index contributed by atoms with van der Waals surface area (Å²) in [7, 11) is 0. The molecule has 0 aliphatic rings. The molecule has 0 fully saturated rings. The van der Waals surface area contributed by atoms with Crippen LogP contribution in [0.4, 0.5) is 4.39 Å². The molecule has 0 aliphatic carbocycles. The number of alkyl halides is 1. The quantitative estimate of drug-likeness (QED) is 0.593. The van der Waals surface area contributed by atoms with Crippen molar-refractivity contribution in [2.45, 2.75) is 13.1 Å². The summed E-state index contributed by atoms with van der Waals surface area (Å²) in [5.74, 6) is -5.49. The molecule has 0 bridgehead atoms. The molecule has 2 N–H and O–H groups in total. The Hall–Kier alpha value is -2.24. The third-order valence-electron chi connectivity index (χ3n) is 2.42. The van der Waals surface area contributed by atoms with E-state index < -0.39 is 36.7 Å². The van der Waals surface area contributed by atoms with Crippen LogP contribution >= 0.6 is 0 Å². The van der Waals surface area contributed by atoms with Crippen molar-refractivity contribution >= 4 is 17.7 Å². The van der Waals surface area contributed by atoms with Gasteiger partial charge in [0.25, 0.3) is 0 Å². The highest BCUT2D eigenvalue weighted by atomic mass is 19.1. The Morgan fingerprint density at radius 1 is 1.06 bits per heavy atom. The van der Waals surface area contributed by atoms with Gasteiger partial charge in [0.15, 0.2) is 11.7 Å². The molecule has 0 radical (unpaired) electrons. The molecular formula is C12H11FO5. The fourth-order valence-electron chi connectivity index (χ4n) is 1.36. The van der Waals surface area contributed by atoms with Gasteiger partial charge in [-0.3, -0.25) is 14.4 Å². The molecule has 0 aromatic heterocycles. The van der Waals surface area contributed by atoms with E-state index in [9.17, 15) is 18.8 Å². The predicted octanol–water partition coefficient (Wildman–Crippen LogP) is 1.51. The average molecular weight is 254 g/mol. The number of aliphatic carboxylic acids is 2. The Bertz CT molecular complexity index is 452. The number of Topliss-reactive ketones (excluding diaryl/α,β-unsaturated/α-hetero) is 1.